The third-order valence-corrected chi connectivity index (χ3v) is 7.20. The van der Waals surface area contributed by atoms with Crippen molar-refractivity contribution in [1.29, 1.82) is 0 Å². The molecular formula is C37H40N6O6. The Bertz CT molecular complexity index is 1690. The Labute approximate surface area is 285 Å². The minimum atomic E-state index is -0.576. The van der Waals surface area contributed by atoms with E-state index in [2.05, 4.69) is 31.6 Å². The Hall–Kier alpha value is -5.97. The fraction of sp³-hybridized carbons (Fsp3) is 0.243. The van der Waals surface area contributed by atoms with E-state index < -0.39 is 6.09 Å². The molecule has 12 nitrogen and oxygen atoms in total. The number of aliphatic imine (C=N–C) groups is 1. The van der Waals surface area contributed by atoms with E-state index >= 15 is 0 Å². The first-order chi connectivity index (χ1) is 23.9. The molecule has 12 heteroatoms. The van der Waals surface area contributed by atoms with Crippen molar-refractivity contribution in [3.8, 4) is 0 Å². The monoisotopic (exact) mass is 664 g/mol. The highest BCUT2D eigenvalue weighted by molar-refractivity contribution is 5.89. The molecule has 0 aromatic heterocycles. The molecule has 0 aliphatic rings. The number of ether oxygens (including phenoxy) is 2. The predicted octanol–water partition coefficient (Wildman–Crippen LogP) is 6.75. The summed E-state index contributed by atoms with van der Waals surface area (Å²) in [5.74, 6) is 0. The number of benzene rings is 4. The average Bonchev–Trinajstić information content (AvgIpc) is 3.10. The molecule has 0 aliphatic heterocycles. The van der Waals surface area contributed by atoms with E-state index in [1.54, 1.807) is 31.4 Å². The van der Waals surface area contributed by atoms with Gasteiger partial charge in [0.15, 0.2) is 0 Å². The van der Waals surface area contributed by atoms with Crippen LogP contribution in [0, 0.1) is 0 Å². The number of isocyanates is 1. The van der Waals surface area contributed by atoms with Crippen LogP contribution in [0.1, 0.15) is 35.1 Å². The first-order valence-electron chi connectivity index (χ1n) is 15.9. The third kappa shape index (κ3) is 13.3. The summed E-state index contributed by atoms with van der Waals surface area (Å²) < 4.78 is 10.2. The third-order valence-electron chi connectivity index (χ3n) is 7.20. The molecular weight excluding hydrogens is 624 g/mol. The first kappa shape index (κ1) is 35.9. The van der Waals surface area contributed by atoms with Crippen LogP contribution in [-0.4, -0.2) is 57.6 Å². The summed E-state index contributed by atoms with van der Waals surface area (Å²) in [7, 11) is 1.63. The largest absolute Gasteiger partial charge is 0.449 e. The maximum Gasteiger partial charge on any atom is 0.411 e. The van der Waals surface area contributed by atoms with Gasteiger partial charge < -0.3 is 30.7 Å². The normalized spacial score (nSPS) is 10.3. The van der Waals surface area contributed by atoms with Gasteiger partial charge in [-0.25, -0.2) is 19.2 Å². The molecule has 254 valence electrons. The van der Waals surface area contributed by atoms with Gasteiger partial charge in [0.25, 0.3) is 0 Å². The number of urea groups is 2. The molecule has 5 N–H and O–H groups in total. The van der Waals surface area contributed by atoms with Crippen LogP contribution in [0.15, 0.2) is 102 Å². The molecule has 0 saturated carbocycles. The molecule has 0 fully saturated rings. The number of methoxy groups -OCH3 is 1. The Morgan fingerprint density at radius 2 is 1.00 bits per heavy atom. The lowest BCUT2D eigenvalue weighted by atomic mass is 10.0. The van der Waals surface area contributed by atoms with Crippen molar-refractivity contribution in [2.24, 2.45) is 4.99 Å². The highest BCUT2D eigenvalue weighted by Gasteiger charge is 2.07. The van der Waals surface area contributed by atoms with E-state index in [0.717, 1.165) is 28.7 Å². The van der Waals surface area contributed by atoms with E-state index in [1.165, 1.54) is 6.08 Å². The van der Waals surface area contributed by atoms with Crippen LogP contribution in [0.5, 0.6) is 0 Å². The molecule has 4 rings (SSSR count). The number of hydrogen-bond acceptors (Lipinski definition) is 7. The molecule has 0 bridgehead atoms. The quantitative estimate of drug-likeness (QED) is 0.0506. The van der Waals surface area contributed by atoms with E-state index in [-0.39, 0.29) is 18.7 Å². The smallest absolute Gasteiger partial charge is 0.411 e. The number of nitrogens with one attached hydrogen (secondary N) is 5. The highest BCUT2D eigenvalue weighted by Crippen LogP contribution is 2.18. The summed E-state index contributed by atoms with van der Waals surface area (Å²) in [6, 6.07) is 29.3. The minimum Gasteiger partial charge on any atom is -0.449 e. The van der Waals surface area contributed by atoms with Gasteiger partial charge in [0.2, 0.25) is 6.08 Å². The van der Waals surface area contributed by atoms with Gasteiger partial charge in [0.05, 0.1) is 12.3 Å². The summed E-state index contributed by atoms with van der Waals surface area (Å²) >= 11 is 0. The van der Waals surface area contributed by atoms with Gasteiger partial charge in [-0.1, -0.05) is 48.5 Å². The predicted molar refractivity (Wildman–Crippen MR) is 189 cm³/mol. The second kappa shape index (κ2) is 19.6. The SMILES string of the molecule is COCCCNC(=O)Nc1ccc(Cc2ccc(NC(=O)NCCCOC(=O)Nc3ccc(Cc4ccc(N=C=O)cc4)cc3)cc2)cc1. The fourth-order valence-electron chi connectivity index (χ4n) is 4.69. The van der Waals surface area contributed by atoms with Crippen LogP contribution in [0.3, 0.4) is 0 Å². The molecule has 4 aromatic rings. The average molecular weight is 665 g/mol. The van der Waals surface area contributed by atoms with Gasteiger partial charge in [-0.05, 0) is 96.5 Å². The molecule has 0 aliphatic carbocycles. The Morgan fingerprint density at radius 1 is 0.592 bits per heavy atom. The van der Waals surface area contributed by atoms with Crippen LogP contribution in [0.25, 0.3) is 0 Å². The van der Waals surface area contributed by atoms with E-state index in [4.69, 9.17) is 9.47 Å². The van der Waals surface area contributed by atoms with Gasteiger partial charge in [-0.15, -0.1) is 0 Å². The maximum atomic E-state index is 12.3. The second-order valence-electron chi connectivity index (χ2n) is 11.0. The first-order valence-corrected chi connectivity index (χ1v) is 15.9. The van der Waals surface area contributed by atoms with Crippen molar-refractivity contribution < 1.29 is 28.7 Å². The minimum absolute atomic E-state index is 0.141. The van der Waals surface area contributed by atoms with Crippen molar-refractivity contribution in [2.75, 3.05) is 49.4 Å². The Morgan fingerprint density at radius 3 is 1.43 bits per heavy atom. The topological polar surface area (TPSA) is 159 Å². The number of amides is 5. The number of carbonyl (C=O) groups excluding carboxylic acids is 4. The van der Waals surface area contributed by atoms with Crippen molar-refractivity contribution in [2.45, 2.75) is 25.7 Å². The summed E-state index contributed by atoms with van der Waals surface area (Å²) in [5, 5.41) is 13.8. The lowest BCUT2D eigenvalue weighted by Gasteiger charge is -2.10. The van der Waals surface area contributed by atoms with Crippen molar-refractivity contribution in [1.82, 2.24) is 10.6 Å². The summed E-state index contributed by atoms with van der Waals surface area (Å²) in [6.45, 7) is 1.61. The van der Waals surface area contributed by atoms with Crippen molar-refractivity contribution in [3.63, 3.8) is 0 Å². The Balaban J connectivity index is 1.08. The highest BCUT2D eigenvalue weighted by atomic mass is 16.5. The fourth-order valence-corrected chi connectivity index (χ4v) is 4.69. The van der Waals surface area contributed by atoms with Crippen LogP contribution in [0.4, 0.5) is 37.1 Å². The molecule has 0 heterocycles. The molecule has 5 amide bonds. The van der Waals surface area contributed by atoms with Gasteiger partial charge in [0.1, 0.15) is 0 Å². The van der Waals surface area contributed by atoms with Gasteiger partial charge in [0, 0.05) is 43.9 Å². The number of anilines is 3. The zero-order valence-corrected chi connectivity index (χ0v) is 27.3. The zero-order valence-electron chi connectivity index (χ0n) is 27.3. The van der Waals surface area contributed by atoms with Crippen molar-refractivity contribution in [3.05, 3.63) is 119 Å². The second-order valence-corrected chi connectivity index (χ2v) is 11.0. The lowest BCUT2D eigenvalue weighted by Crippen LogP contribution is -2.30. The molecule has 4 aromatic carbocycles. The summed E-state index contributed by atoms with van der Waals surface area (Å²) in [4.78, 5) is 50.4. The maximum absolute atomic E-state index is 12.3. The summed E-state index contributed by atoms with van der Waals surface area (Å²) in [6.07, 6.45) is 3.53. The number of nitrogens with zero attached hydrogens (tertiary/aromatic N) is 1. The van der Waals surface area contributed by atoms with Crippen molar-refractivity contribution >= 4 is 47.0 Å². The molecule has 49 heavy (non-hydrogen) atoms. The molecule has 0 saturated heterocycles. The molecule has 0 spiro atoms. The van der Waals surface area contributed by atoms with E-state index in [0.29, 0.717) is 61.7 Å². The Kier molecular flexibility index (Phi) is 14.4. The molecule has 0 atom stereocenters. The van der Waals surface area contributed by atoms with Crippen LogP contribution in [0.2, 0.25) is 0 Å². The standard InChI is InChI=1S/C37H40N6O6/c1-48-22-2-20-38-35(45)41-32-14-6-28(7-15-32)25-29-8-16-33(17-9-29)42-36(46)39-21-3-23-49-37(47)43-34-18-10-30(11-19-34)24-27-4-12-31(13-5-27)40-26-44/h4-19H,2-3,20-25H2,1H3,(H,43,47)(H2,38,41,45)(H2,39,42,46). The number of hydrogen-bond donors (Lipinski definition) is 5. The number of carbonyl (C=O) groups is 3. The van der Waals surface area contributed by atoms with E-state index in [1.807, 2.05) is 72.8 Å². The van der Waals surface area contributed by atoms with Gasteiger partial charge in [-0.3, -0.25) is 5.32 Å². The molecule has 0 radical (unpaired) electrons. The van der Waals surface area contributed by atoms with Crippen LogP contribution < -0.4 is 26.6 Å². The lowest BCUT2D eigenvalue weighted by molar-refractivity contribution is 0.160. The van der Waals surface area contributed by atoms with Crippen LogP contribution >= 0.6 is 0 Å². The summed E-state index contributed by atoms with van der Waals surface area (Å²) in [5.41, 5.74) is 6.80. The van der Waals surface area contributed by atoms with Gasteiger partial charge in [-0.2, -0.15) is 4.99 Å². The van der Waals surface area contributed by atoms with E-state index in [9.17, 15) is 19.2 Å². The van der Waals surface area contributed by atoms with Crippen LogP contribution in [-0.2, 0) is 27.1 Å². The molecule has 0 unspecified atom stereocenters. The van der Waals surface area contributed by atoms with Gasteiger partial charge >= 0.3 is 18.2 Å². The number of rotatable bonds is 16. The zero-order chi connectivity index (χ0) is 34.7.